The van der Waals surface area contributed by atoms with Crippen LogP contribution < -0.4 is 15.8 Å². The second kappa shape index (κ2) is 8.17. The molecule has 1 atom stereocenters. The molecule has 0 fully saturated rings. The Hall–Kier alpha value is -3.57. The number of rotatable bonds is 6. The standard InChI is InChI=1S/C21H21N5O5S/c1-12(2)17(25-32(29,30)14-7-5-4-6-8-14)20-23-18(24-31-20)13-9-10-16-15(11-13)22-19(27)21(28)26(16)3/h4-12,17,25H,1-3H3,(H,22,27)/t17-/m0/s1. The second-order valence-corrected chi connectivity index (χ2v) is 9.38. The molecule has 0 radical (unpaired) electrons. The zero-order chi connectivity index (χ0) is 23.0. The van der Waals surface area contributed by atoms with Crippen LogP contribution >= 0.6 is 0 Å². The van der Waals surface area contributed by atoms with E-state index in [-0.39, 0.29) is 22.5 Å². The zero-order valence-electron chi connectivity index (χ0n) is 17.6. The van der Waals surface area contributed by atoms with Gasteiger partial charge in [0.1, 0.15) is 6.04 Å². The molecule has 2 aromatic carbocycles. The van der Waals surface area contributed by atoms with Crippen LogP contribution in [0.2, 0.25) is 0 Å². The number of aromatic nitrogens is 4. The van der Waals surface area contributed by atoms with E-state index in [1.807, 2.05) is 13.8 Å². The Balaban J connectivity index is 1.69. The molecule has 0 aliphatic heterocycles. The third-order valence-corrected chi connectivity index (χ3v) is 6.53. The van der Waals surface area contributed by atoms with Crippen molar-refractivity contribution < 1.29 is 12.9 Å². The highest BCUT2D eigenvalue weighted by Crippen LogP contribution is 2.26. The monoisotopic (exact) mass is 455 g/mol. The number of benzene rings is 2. The summed E-state index contributed by atoms with van der Waals surface area (Å²) in [6, 6.07) is 12.3. The van der Waals surface area contributed by atoms with Crippen LogP contribution in [0.25, 0.3) is 22.4 Å². The lowest BCUT2D eigenvalue weighted by Gasteiger charge is -2.18. The molecule has 4 aromatic rings. The molecule has 4 rings (SSSR count). The van der Waals surface area contributed by atoms with Crippen molar-refractivity contribution >= 4 is 21.1 Å². The fraction of sp³-hybridized carbons (Fsp3) is 0.238. The first-order valence-electron chi connectivity index (χ1n) is 9.82. The topological polar surface area (TPSA) is 140 Å². The molecular formula is C21H21N5O5S. The molecular weight excluding hydrogens is 434 g/mol. The minimum atomic E-state index is -3.80. The first-order valence-corrected chi connectivity index (χ1v) is 11.3. The van der Waals surface area contributed by atoms with Crippen LogP contribution in [-0.4, -0.2) is 28.1 Å². The van der Waals surface area contributed by atoms with Gasteiger partial charge in [0.05, 0.1) is 15.9 Å². The molecule has 2 heterocycles. The smallest absolute Gasteiger partial charge is 0.316 e. The molecule has 32 heavy (non-hydrogen) atoms. The Morgan fingerprint density at radius 3 is 2.50 bits per heavy atom. The van der Waals surface area contributed by atoms with E-state index in [1.54, 1.807) is 36.4 Å². The molecule has 0 bridgehead atoms. The first kappa shape index (κ1) is 21.7. The summed E-state index contributed by atoms with van der Waals surface area (Å²) in [5.41, 5.74) is 0.123. The van der Waals surface area contributed by atoms with Crippen molar-refractivity contribution in [3.8, 4) is 11.4 Å². The molecule has 0 spiro atoms. The molecule has 0 unspecified atom stereocenters. The number of aryl methyl sites for hydroxylation is 1. The van der Waals surface area contributed by atoms with Crippen molar-refractivity contribution in [3.63, 3.8) is 0 Å². The van der Waals surface area contributed by atoms with Crippen molar-refractivity contribution in [2.45, 2.75) is 24.8 Å². The van der Waals surface area contributed by atoms with E-state index in [4.69, 9.17) is 4.52 Å². The van der Waals surface area contributed by atoms with Crippen molar-refractivity contribution in [1.29, 1.82) is 0 Å². The Bertz CT molecular complexity index is 1500. The molecule has 2 aromatic heterocycles. The molecule has 2 N–H and O–H groups in total. The molecule has 0 saturated heterocycles. The predicted octanol–water partition coefficient (Wildman–Crippen LogP) is 1.95. The predicted molar refractivity (Wildman–Crippen MR) is 117 cm³/mol. The third kappa shape index (κ3) is 3.99. The number of H-pyrrole nitrogens is 1. The lowest BCUT2D eigenvalue weighted by Crippen LogP contribution is -2.34. The number of aromatic amines is 1. The van der Waals surface area contributed by atoms with Gasteiger partial charge in [-0.2, -0.15) is 9.71 Å². The Morgan fingerprint density at radius 1 is 1.09 bits per heavy atom. The largest absolute Gasteiger partial charge is 0.337 e. The van der Waals surface area contributed by atoms with Crippen LogP contribution in [0.3, 0.4) is 0 Å². The molecule has 0 aliphatic rings. The summed E-state index contributed by atoms with van der Waals surface area (Å²) in [6.45, 7) is 3.67. The highest BCUT2D eigenvalue weighted by Gasteiger charge is 2.28. The fourth-order valence-electron chi connectivity index (χ4n) is 3.29. The van der Waals surface area contributed by atoms with Crippen LogP contribution in [0.15, 0.2) is 67.5 Å². The van der Waals surface area contributed by atoms with Gasteiger partial charge < -0.3 is 14.1 Å². The van der Waals surface area contributed by atoms with E-state index in [0.717, 1.165) is 0 Å². The number of nitrogens with zero attached hydrogens (tertiary/aromatic N) is 3. The van der Waals surface area contributed by atoms with Gasteiger partial charge >= 0.3 is 11.1 Å². The molecule has 166 valence electrons. The van der Waals surface area contributed by atoms with Crippen LogP contribution in [-0.2, 0) is 17.1 Å². The molecule has 0 saturated carbocycles. The maximum absolute atomic E-state index is 12.8. The summed E-state index contributed by atoms with van der Waals surface area (Å²) in [4.78, 5) is 30.7. The number of sulfonamides is 1. The van der Waals surface area contributed by atoms with Crippen molar-refractivity contribution in [3.05, 3.63) is 75.1 Å². The average Bonchev–Trinajstić information content (AvgIpc) is 3.26. The summed E-state index contributed by atoms with van der Waals surface area (Å²) in [5, 5.41) is 3.98. The SMILES string of the molecule is CC(C)[C@H](NS(=O)(=O)c1ccccc1)c1nc(-c2ccc3c(c2)[nH]c(=O)c(=O)n3C)no1. The summed E-state index contributed by atoms with van der Waals surface area (Å²) < 4.78 is 34.8. The van der Waals surface area contributed by atoms with Gasteiger partial charge in [0.25, 0.3) is 0 Å². The van der Waals surface area contributed by atoms with E-state index < -0.39 is 27.2 Å². The summed E-state index contributed by atoms with van der Waals surface area (Å²) in [7, 11) is -2.29. The van der Waals surface area contributed by atoms with E-state index in [2.05, 4.69) is 19.8 Å². The maximum atomic E-state index is 12.8. The van der Waals surface area contributed by atoms with Gasteiger partial charge in [-0.1, -0.05) is 37.2 Å². The van der Waals surface area contributed by atoms with Gasteiger partial charge in [-0.05, 0) is 36.2 Å². The van der Waals surface area contributed by atoms with Gasteiger partial charge in [-0.3, -0.25) is 9.59 Å². The second-order valence-electron chi connectivity index (χ2n) is 7.66. The quantitative estimate of drug-likeness (QED) is 0.424. The summed E-state index contributed by atoms with van der Waals surface area (Å²) >= 11 is 0. The Morgan fingerprint density at radius 2 is 1.81 bits per heavy atom. The first-order chi connectivity index (χ1) is 15.2. The van der Waals surface area contributed by atoms with E-state index in [1.165, 1.54) is 23.7 Å². The van der Waals surface area contributed by atoms with Crippen LogP contribution in [0.5, 0.6) is 0 Å². The van der Waals surface area contributed by atoms with Gasteiger partial charge in [0.2, 0.25) is 21.7 Å². The Labute approximate surface area is 183 Å². The van der Waals surface area contributed by atoms with Gasteiger partial charge in [0.15, 0.2) is 0 Å². The molecule has 10 nitrogen and oxygen atoms in total. The lowest BCUT2D eigenvalue weighted by molar-refractivity contribution is 0.311. The molecule has 11 heteroatoms. The lowest BCUT2D eigenvalue weighted by atomic mass is 10.1. The average molecular weight is 455 g/mol. The van der Waals surface area contributed by atoms with Crippen LogP contribution in [0.4, 0.5) is 0 Å². The molecule has 0 amide bonds. The number of hydrogen-bond acceptors (Lipinski definition) is 7. The van der Waals surface area contributed by atoms with E-state index in [9.17, 15) is 18.0 Å². The maximum Gasteiger partial charge on any atom is 0.316 e. The minimum Gasteiger partial charge on any atom is -0.337 e. The highest BCUT2D eigenvalue weighted by atomic mass is 32.2. The summed E-state index contributed by atoms with van der Waals surface area (Å²) in [5.74, 6) is 0.161. The zero-order valence-corrected chi connectivity index (χ0v) is 18.4. The van der Waals surface area contributed by atoms with Crippen molar-refractivity contribution in [1.82, 2.24) is 24.4 Å². The van der Waals surface area contributed by atoms with Gasteiger partial charge in [-0.25, -0.2) is 8.42 Å². The van der Waals surface area contributed by atoms with E-state index >= 15 is 0 Å². The number of fused-ring (bicyclic) bond motifs is 1. The van der Waals surface area contributed by atoms with Crippen molar-refractivity contribution in [2.75, 3.05) is 0 Å². The summed E-state index contributed by atoms with van der Waals surface area (Å²) in [6.07, 6.45) is 0. The van der Waals surface area contributed by atoms with E-state index in [0.29, 0.717) is 16.6 Å². The van der Waals surface area contributed by atoms with Crippen LogP contribution in [0.1, 0.15) is 25.8 Å². The minimum absolute atomic E-state index is 0.114. The third-order valence-electron chi connectivity index (χ3n) is 5.07. The van der Waals surface area contributed by atoms with Crippen LogP contribution in [0, 0.1) is 5.92 Å². The van der Waals surface area contributed by atoms with Gasteiger partial charge in [0, 0.05) is 12.6 Å². The van der Waals surface area contributed by atoms with Crippen molar-refractivity contribution in [2.24, 2.45) is 13.0 Å². The fourth-order valence-corrected chi connectivity index (χ4v) is 4.65. The normalized spacial score (nSPS) is 13.0. The van der Waals surface area contributed by atoms with Gasteiger partial charge in [-0.15, -0.1) is 0 Å². The molecule has 0 aliphatic carbocycles. The highest BCUT2D eigenvalue weighted by molar-refractivity contribution is 7.89. The number of nitrogens with one attached hydrogen (secondary N) is 2. The Kier molecular flexibility index (Phi) is 5.53. The number of hydrogen-bond donors (Lipinski definition) is 2.